The Balaban J connectivity index is 1.86. The second-order valence-corrected chi connectivity index (χ2v) is 9.74. The zero-order valence-corrected chi connectivity index (χ0v) is 18.9. The Morgan fingerprint density at radius 1 is 0.909 bits per heavy atom. The van der Waals surface area contributed by atoms with Crippen molar-refractivity contribution in [1.82, 2.24) is 9.55 Å². The lowest BCUT2D eigenvalue weighted by Crippen LogP contribution is -2.58. The number of halogens is 2. The molecule has 6 heteroatoms. The van der Waals surface area contributed by atoms with Crippen LogP contribution in [-0.2, 0) is 10.3 Å². The first-order valence-corrected chi connectivity index (χ1v) is 12.3. The van der Waals surface area contributed by atoms with Crippen LogP contribution in [0.15, 0.2) is 42.5 Å². The summed E-state index contributed by atoms with van der Waals surface area (Å²) in [5.41, 5.74) is 6.84. The normalized spacial score (nSPS) is 18.6. The van der Waals surface area contributed by atoms with Gasteiger partial charge in [0.05, 0.1) is 16.6 Å². The summed E-state index contributed by atoms with van der Waals surface area (Å²) in [5.74, 6) is -1.09. The summed E-state index contributed by atoms with van der Waals surface area (Å²) in [4.78, 5) is 18.5. The van der Waals surface area contributed by atoms with Crippen LogP contribution in [0.5, 0.6) is 0 Å². The van der Waals surface area contributed by atoms with Gasteiger partial charge < -0.3 is 10.3 Å². The highest BCUT2D eigenvalue weighted by molar-refractivity contribution is 5.90. The van der Waals surface area contributed by atoms with Gasteiger partial charge in [0.15, 0.2) is 0 Å². The molecule has 2 aromatic carbocycles. The molecule has 3 aromatic rings. The number of carbonyl (C=O) groups excluding carboxylic acids is 1. The van der Waals surface area contributed by atoms with Gasteiger partial charge in [-0.3, -0.25) is 4.79 Å². The highest BCUT2D eigenvalue weighted by Gasteiger charge is 2.53. The number of para-hydroxylation sites is 2. The van der Waals surface area contributed by atoms with Crippen LogP contribution in [-0.4, -0.2) is 15.5 Å². The molecule has 0 atom stereocenters. The fraction of sp³-hybridized carbons (Fsp3) is 0.481. The number of hydrogen-bond donors (Lipinski definition) is 1. The molecule has 2 saturated carbocycles. The van der Waals surface area contributed by atoms with E-state index in [0.717, 1.165) is 81.9 Å². The number of fused-ring (bicyclic) bond motifs is 1. The van der Waals surface area contributed by atoms with Crippen LogP contribution in [0.1, 0.15) is 64.2 Å². The van der Waals surface area contributed by atoms with E-state index in [9.17, 15) is 9.18 Å². The van der Waals surface area contributed by atoms with Crippen LogP contribution in [0.3, 0.4) is 0 Å². The van der Waals surface area contributed by atoms with Gasteiger partial charge in [-0.25, -0.2) is 13.8 Å². The van der Waals surface area contributed by atoms with Gasteiger partial charge in [-0.1, -0.05) is 50.7 Å². The topological polar surface area (TPSA) is 60.9 Å². The molecule has 4 nitrogen and oxygen atoms in total. The first-order valence-electron chi connectivity index (χ1n) is 12.3. The van der Waals surface area contributed by atoms with Crippen molar-refractivity contribution >= 4 is 16.9 Å². The highest BCUT2D eigenvalue weighted by Crippen LogP contribution is 2.50. The molecule has 1 heterocycles. The number of benzene rings is 2. The number of hydrogen-bond acceptors (Lipinski definition) is 2. The van der Waals surface area contributed by atoms with Gasteiger partial charge in [-0.05, 0) is 67.9 Å². The Hall–Kier alpha value is -2.76. The number of carbonyl (C=O) groups is 1. The second-order valence-electron chi connectivity index (χ2n) is 9.74. The van der Waals surface area contributed by atoms with Crippen LogP contribution in [0, 0.1) is 23.5 Å². The molecule has 2 aliphatic rings. The molecule has 5 rings (SSSR count). The number of amides is 1. The van der Waals surface area contributed by atoms with Crippen molar-refractivity contribution in [3.63, 3.8) is 0 Å². The summed E-state index contributed by atoms with van der Waals surface area (Å²) in [6.07, 6.45) is 10.1. The molecule has 1 amide bonds. The third-order valence-corrected chi connectivity index (χ3v) is 7.95. The second kappa shape index (κ2) is 8.88. The van der Waals surface area contributed by atoms with Crippen molar-refractivity contribution in [1.29, 1.82) is 0 Å². The van der Waals surface area contributed by atoms with Gasteiger partial charge >= 0.3 is 0 Å². The fourth-order valence-electron chi connectivity index (χ4n) is 6.55. The summed E-state index contributed by atoms with van der Waals surface area (Å²) < 4.78 is 31.3. The zero-order chi connectivity index (χ0) is 23.0. The van der Waals surface area contributed by atoms with Crippen LogP contribution in [0.25, 0.3) is 22.4 Å². The first-order chi connectivity index (χ1) is 16.0. The highest BCUT2D eigenvalue weighted by atomic mass is 19.1. The van der Waals surface area contributed by atoms with Gasteiger partial charge in [0, 0.05) is 0 Å². The maximum atomic E-state index is 15.1. The molecule has 0 bridgehead atoms. The van der Waals surface area contributed by atoms with E-state index in [-0.39, 0.29) is 23.3 Å². The summed E-state index contributed by atoms with van der Waals surface area (Å²) in [5, 5.41) is 0. The number of nitrogens with two attached hydrogens (primary N) is 1. The Morgan fingerprint density at radius 3 is 2.12 bits per heavy atom. The molecule has 2 aliphatic carbocycles. The minimum atomic E-state index is -1.02. The lowest BCUT2D eigenvalue weighted by molar-refractivity contribution is -0.135. The number of imidazole rings is 1. The summed E-state index contributed by atoms with van der Waals surface area (Å²) in [6.45, 7) is 0. The minimum Gasteiger partial charge on any atom is -0.368 e. The SMILES string of the molecule is NC(=O)C(C1CCCCC1)(C1CCCCC1)n1c(-c2cc(F)ccc2F)nc2ccccc21. The van der Waals surface area contributed by atoms with Crippen LogP contribution >= 0.6 is 0 Å². The standard InChI is InChI=1S/C27H31F2N3O/c28-20-15-16-22(29)21(17-20)25-31-23-13-7-8-14-24(23)32(25)27(26(30)33,18-9-3-1-4-10-18)19-11-5-2-6-12-19/h7-8,13-19H,1-6,9-12H2,(H2,30,33). The van der Waals surface area contributed by atoms with E-state index in [1.54, 1.807) is 0 Å². The lowest BCUT2D eigenvalue weighted by atomic mass is 9.63. The van der Waals surface area contributed by atoms with Crippen molar-refractivity contribution in [3.8, 4) is 11.4 Å². The number of primary amides is 1. The first kappa shape index (κ1) is 22.1. The van der Waals surface area contributed by atoms with E-state index in [0.29, 0.717) is 11.3 Å². The van der Waals surface area contributed by atoms with Crippen molar-refractivity contribution < 1.29 is 13.6 Å². The lowest BCUT2D eigenvalue weighted by Gasteiger charge is -2.48. The molecule has 0 spiro atoms. The molecule has 2 N–H and O–H groups in total. The molecule has 0 radical (unpaired) electrons. The van der Waals surface area contributed by atoms with Gasteiger partial charge in [-0.15, -0.1) is 0 Å². The van der Waals surface area contributed by atoms with Gasteiger partial charge in [0.25, 0.3) is 0 Å². The van der Waals surface area contributed by atoms with Gasteiger partial charge in [-0.2, -0.15) is 0 Å². The van der Waals surface area contributed by atoms with E-state index in [1.165, 1.54) is 6.07 Å². The predicted octanol–water partition coefficient (Wildman–Crippen LogP) is 6.32. The molecular weight excluding hydrogens is 420 g/mol. The fourth-order valence-corrected chi connectivity index (χ4v) is 6.55. The maximum absolute atomic E-state index is 15.1. The number of rotatable bonds is 5. The molecule has 174 valence electrons. The van der Waals surface area contributed by atoms with Crippen LogP contribution < -0.4 is 5.73 Å². The molecular formula is C27H31F2N3O. The summed E-state index contributed by atoms with van der Waals surface area (Å²) in [6, 6.07) is 11.0. The Bertz CT molecular complexity index is 1140. The third kappa shape index (κ3) is 3.64. The van der Waals surface area contributed by atoms with E-state index in [1.807, 2.05) is 28.8 Å². The van der Waals surface area contributed by atoms with E-state index in [2.05, 4.69) is 0 Å². The van der Waals surface area contributed by atoms with E-state index < -0.39 is 17.2 Å². The third-order valence-electron chi connectivity index (χ3n) is 7.95. The van der Waals surface area contributed by atoms with Crippen molar-refractivity contribution in [2.45, 2.75) is 69.7 Å². The van der Waals surface area contributed by atoms with Crippen molar-refractivity contribution in [2.24, 2.45) is 17.6 Å². The van der Waals surface area contributed by atoms with Crippen LogP contribution in [0.4, 0.5) is 8.78 Å². The van der Waals surface area contributed by atoms with E-state index >= 15 is 4.39 Å². The largest absolute Gasteiger partial charge is 0.368 e. The monoisotopic (exact) mass is 451 g/mol. The van der Waals surface area contributed by atoms with Gasteiger partial charge in [0.2, 0.25) is 5.91 Å². The summed E-state index contributed by atoms with van der Waals surface area (Å²) in [7, 11) is 0. The maximum Gasteiger partial charge on any atom is 0.244 e. The summed E-state index contributed by atoms with van der Waals surface area (Å²) >= 11 is 0. The average Bonchev–Trinajstić information content (AvgIpc) is 3.22. The molecule has 0 aliphatic heterocycles. The quantitative estimate of drug-likeness (QED) is 0.493. The molecule has 0 unspecified atom stereocenters. The minimum absolute atomic E-state index is 0.0415. The van der Waals surface area contributed by atoms with Crippen molar-refractivity contribution in [2.75, 3.05) is 0 Å². The molecule has 33 heavy (non-hydrogen) atoms. The molecule has 2 fully saturated rings. The number of aromatic nitrogens is 2. The molecule has 1 aromatic heterocycles. The van der Waals surface area contributed by atoms with Crippen LogP contribution in [0.2, 0.25) is 0 Å². The zero-order valence-electron chi connectivity index (χ0n) is 18.9. The average molecular weight is 452 g/mol. The van der Waals surface area contributed by atoms with Crippen molar-refractivity contribution in [3.05, 3.63) is 54.1 Å². The predicted molar refractivity (Wildman–Crippen MR) is 125 cm³/mol. The number of nitrogens with zero attached hydrogens (tertiary/aromatic N) is 2. The van der Waals surface area contributed by atoms with Gasteiger partial charge in [0.1, 0.15) is 23.0 Å². The molecule has 0 saturated heterocycles. The Morgan fingerprint density at radius 2 is 1.52 bits per heavy atom. The smallest absolute Gasteiger partial charge is 0.244 e. The van der Waals surface area contributed by atoms with E-state index in [4.69, 9.17) is 10.7 Å². The Kier molecular flexibility index (Phi) is 5.94. The Labute approximate surface area is 193 Å².